The summed E-state index contributed by atoms with van der Waals surface area (Å²) in [5.74, 6) is 0.207. The van der Waals surface area contributed by atoms with Gasteiger partial charge in [0.05, 0.1) is 7.11 Å². The van der Waals surface area contributed by atoms with Gasteiger partial charge in [0.25, 0.3) is 11.5 Å². The van der Waals surface area contributed by atoms with E-state index in [1.165, 1.54) is 0 Å². The number of carbonyl (C=O) groups is 1. The van der Waals surface area contributed by atoms with Crippen molar-refractivity contribution in [3.05, 3.63) is 65.2 Å². The topological polar surface area (TPSA) is 84.1 Å². The van der Waals surface area contributed by atoms with Crippen LogP contribution in [-0.4, -0.2) is 18.2 Å². The molecule has 122 valence electrons. The second-order valence-electron chi connectivity index (χ2n) is 5.29. The Morgan fingerprint density at radius 3 is 2.75 bits per heavy atom. The molecule has 0 saturated carbocycles. The molecule has 0 bridgehead atoms. The van der Waals surface area contributed by atoms with E-state index in [1.54, 1.807) is 37.4 Å². The maximum absolute atomic E-state index is 12.5. The molecule has 0 saturated heterocycles. The van der Waals surface area contributed by atoms with Gasteiger partial charge >= 0.3 is 0 Å². The van der Waals surface area contributed by atoms with Crippen LogP contribution in [0.1, 0.15) is 15.9 Å². The van der Waals surface area contributed by atoms with Gasteiger partial charge in [-0.1, -0.05) is 12.1 Å². The zero-order chi connectivity index (χ0) is 17.1. The van der Waals surface area contributed by atoms with Crippen molar-refractivity contribution in [2.45, 2.75) is 6.92 Å². The zero-order valence-electron chi connectivity index (χ0n) is 13.2. The van der Waals surface area contributed by atoms with Crippen LogP contribution in [0.4, 0.5) is 5.69 Å². The fourth-order valence-corrected chi connectivity index (χ4v) is 2.39. The second kappa shape index (κ2) is 6.45. The first kappa shape index (κ1) is 15.6. The van der Waals surface area contributed by atoms with Crippen LogP contribution in [0.25, 0.3) is 11.0 Å². The average Bonchev–Trinajstić information content (AvgIpc) is 2.60. The van der Waals surface area contributed by atoms with E-state index in [1.807, 2.05) is 25.1 Å². The van der Waals surface area contributed by atoms with Crippen molar-refractivity contribution in [2.75, 3.05) is 12.4 Å². The van der Waals surface area contributed by atoms with Gasteiger partial charge in [0, 0.05) is 11.1 Å². The minimum absolute atomic E-state index is 0.125. The van der Waals surface area contributed by atoms with E-state index in [9.17, 15) is 4.79 Å². The lowest BCUT2D eigenvalue weighted by Crippen LogP contribution is -2.21. The van der Waals surface area contributed by atoms with E-state index < -0.39 is 5.91 Å². The summed E-state index contributed by atoms with van der Waals surface area (Å²) in [5.41, 5.74) is 2.12. The molecule has 2 N–H and O–H groups in total. The molecule has 0 aliphatic carbocycles. The van der Waals surface area contributed by atoms with E-state index in [4.69, 9.17) is 14.4 Å². The first-order valence-corrected chi connectivity index (χ1v) is 7.29. The van der Waals surface area contributed by atoms with Gasteiger partial charge in [-0.05, 0) is 54.0 Å². The molecule has 0 aliphatic rings. The fourth-order valence-electron chi connectivity index (χ4n) is 2.39. The van der Waals surface area contributed by atoms with Crippen LogP contribution in [0.5, 0.6) is 5.75 Å². The van der Waals surface area contributed by atoms with E-state index in [0.717, 1.165) is 5.56 Å². The van der Waals surface area contributed by atoms with Crippen molar-refractivity contribution >= 4 is 22.6 Å². The Labute approximate surface area is 138 Å². The number of ether oxygens (including phenoxy) is 1. The molecule has 1 amide bonds. The number of aryl methyl sites for hydroxylation is 1. The van der Waals surface area contributed by atoms with E-state index in [0.29, 0.717) is 22.4 Å². The number of hydrogen-bond donors (Lipinski definition) is 2. The molecule has 3 rings (SSSR count). The highest BCUT2D eigenvalue weighted by Gasteiger charge is 2.14. The van der Waals surface area contributed by atoms with Gasteiger partial charge in [0.15, 0.2) is 0 Å². The minimum Gasteiger partial charge on any atom is -0.497 e. The molecule has 0 aliphatic heterocycles. The monoisotopic (exact) mass is 324 g/mol. The number of fused-ring (bicyclic) bond motifs is 1. The fraction of sp³-hybridized carbons (Fsp3) is 0.111. The summed E-state index contributed by atoms with van der Waals surface area (Å²) in [4.78, 5) is 12.5. The summed E-state index contributed by atoms with van der Waals surface area (Å²) < 4.78 is 10.7. The van der Waals surface area contributed by atoms with Crippen LogP contribution in [-0.2, 0) is 0 Å². The lowest BCUT2D eigenvalue weighted by molar-refractivity contribution is 0.102. The number of methoxy groups -OCH3 is 1. The third-order valence-electron chi connectivity index (χ3n) is 3.57. The van der Waals surface area contributed by atoms with Gasteiger partial charge in [-0.25, -0.2) is 0 Å². The third-order valence-corrected chi connectivity index (χ3v) is 3.57. The van der Waals surface area contributed by atoms with Gasteiger partial charge in [-0.2, -0.15) is 0 Å². The number of benzene rings is 2. The Balaban J connectivity index is 2.05. The Kier molecular flexibility index (Phi) is 4.20. The minimum atomic E-state index is -0.429. The van der Waals surface area contributed by atoms with Crippen molar-refractivity contribution in [1.29, 1.82) is 0 Å². The summed E-state index contributed by atoms with van der Waals surface area (Å²) in [6.07, 6.45) is 0. The Hall–Kier alpha value is -3.28. The normalized spacial score (nSPS) is 11.5. The first-order valence-electron chi connectivity index (χ1n) is 7.29. The van der Waals surface area contributed by atoms with Gasteiger partial charge in [-0.15, -0.1) is 0 Å². The largest absolute Gasteiger partial charge is 0.497 e. The van der Waals surface area contributed by atoms with Crippen LogP contribution >= 0.6 is 0 Å². The van der Waals surface area contributed by atoms with Gasteiger partial charge in [0.1, 0.15) is 16.9 Å². The molecule has 1 aromatic heterocycles. The van der Waals surface area contributed by atoms with Crippen LogP contribution < -0.4 is 15.6 Å². The van der Waals surface area contributed by atoms with Crippen molar-refractivity contribution in [3.8, 4) is 5.75 Å². The summed E-state index contributed by atoms with van der Waals surface area (Å²) in [6, 6.07) is 14.1. The van der Waals surface area contributed by atoms with E-state index in [2.05, 4.69) is 10.5 Å². The highest BCUT2D eigenvalue weighted by atomic mass is 16.5. The Bertz CT molecular complexity index is 976. The zero-order valence-corrected chi connectivity index (χ0v) is 13.2. The summed E-state index contributed by atoms with van der Waals surface area (Å²) >= 11 is 0. The summed E-state index contributed by atoms with van der Waals surface area (Å²) in [5, 5.41) is 15.7. The number of nitrogens with zero attached hydrogens (tertiary/aromatic N) is 1. The number of amides is 1. The lowest BCUT2D eigenvalue weighted by atomic mass is 10.1. The molecular formula is C18H16N2O4. The van der Waals surface area contributed by atoms with E-state index in [-0.39, 0.29) is 11.1 Å². The molecule has 1 heterocycles. The second-order valence-corrected chi connectivity index (χ2v) is 5.29. The number of nitrogens with one attached hydrogen (secondary N) is 1. The molecule has 0 radical (unpaired) electrons. The number of carbonyl (C=O) groups excluding carboxylic acids is 1. The Morgan fingerprint density at radius 2 is 2.04 bits per heavy atom. The van der Waals surface area contributed by atoms with Crippen LogP contribution in [0.2, 0.25) is 0 Å². The standard InChI is InChI=1S/C18H16N2O4/c1-11-4-3-5-13(8-11)19-17(21)15-10-12-9-14(23-2)6-7-16(12)24-18(15)20-22/h3-10,22H,1-2H3,(H,19,21). The lowest BCUT2D eigenvalue weighted by Gasteiger charge is -2.07. The highest BCUT2D eigenvalue weighted by molar-refractivity contribution is 6.05. The maximum Gasteiger partial charge on any atom is 0.268 e. The smallest absolute Gasteiger partial charge is 0.268 e. The molecule has 6 heteroatoms. The predicted molar refractivity (Wildman–Crippen MR) is 89.2 cm³/mol. The Morgan fingerprint density at radius 1 is 1.21 bits per heavy atom. The predicted octanol–water partition coefficient (Wildman–Crippen LogP) is 3.29. The summed E-state index contributed by atoms with van der Waals surface area (Å²) in [6.45, 7) is 1.93. The quantitative estimate of drug-likeness (QED) is 0.572. The molecule has 0 atom stereocenters. The van der Waals surface area contributed by atoms with E-state index >= 15 is 0 Å². The molecule has 0 unspecified atom stereocenters. The van der Waals surface area contributed by atoms with Crippen LogP contribution in [0, 0.1) is 6.92 Å². The highest BCUT2D eigenvalue weighted by Crippen LogP contribution is 2.21. The average molecular weight is 324 g/mol. The van der Waals surface area contributed by atoms with Crippen molar-refractivity contribution < 1.29 is 19.2 Å². The summed E-state index contributed by atoms with van der Waals surface area (Å²) in [7, 11) is 1.56. The number of anilines is 1. The number of rotatable bonds is 3. The molecule has 3 aromatic rings. The van der Waals surface area contributed by atoms with Crippen molar-refractivity contribution in [1.82, 2.24) is 0 Å². The third kappa shape index (κ3) is 3.08. The molecule has 0 fully saturated rings. The van der Waals surface area contributed by atoms with Gasteiger partial charge in [-0.3, -0.25) is 4.79 Å². The molecular weight excluding hydrogens is 308 g/mol. The number of hydrogen-bond acceptors (Lipinski definition) is 5. The van der Waals surface area contributed by atoms with Gasteiger partial charge < -0.3 is 19.7 Å². The van der Waals surface area contributed by atoms with Gasteiger partial charge in [0.2, 0.25) is 0 Å². The van der Waals surface area contributed by atoms with Crippen LogP contribution in [0.15, 0.2) is 58.1 Å². The maximum atomic E-state index is 12.5. The molecule has 2 aromatic carbocycles. The SMILES string of the molecule is COc1ccc2oc(=NO)c(C(=O)Nc3cccc(C)c3)cc2c1. The molecule has 6 nitrogen and oxygen atoms in total. The van der Waals surface area contributed by atoms with Crippen LogP contribution in [0.3, 0.4) is 0 Å². The first-order chi connectivity index (χ1) is 11.6. The van der Waals surface area contributed by atoms with Crippen molar-refractivity contribution in [3.63, 3.8) is 0 Å². The molecule has 0 spiro atoms. The molecule has 24 heavy (non-hydrogen) atoms. The van der Waals surface area contributed by atoms with Crippen molar-refractivity contribution in [2.24, 2.45) is 5.16 Å².